The number of pyridine rings is 1. The number of rotatable bonds is 12. The summed E-state index contributed by atoms with van der Waals surface area (Å²) in [6.45, 7) is 3.50. The molecule has 0 fully saturated rings. The fraction of sp³-hybridized carbons (Fsp3) is 0.250. The van der Waals surface area contributed by atoms with E-state index in [0.29, 0.717) is 24.2 Å². The first-order chi connectivity index (χ1) is 19.9. The number of hydrogen-bond donors (Lipinski definition) is 2. The molecule has 4 aromatic rings. The molecule has 2 N–H and O–H groups in total. The maximum absolute atomic E-state index is 13.5. The van der Waals surface area contributed by atoms with E-state index in [4.69, 9.17) is 4.74 Å². The zero-order valence-electron chi connectivity index (χ0n) is 23.4. The van der Waals surface area contributed by atoms with Crippen LogP contribution in [0.5, 0.6) is 0 Å². The largest absolute Gasteiger partial charge is 1.00 e. The second kappa shape index (κ2) is 16.5. The first kappa shape index (κ1) is 32.6. The lowest BCUT2D eigenvalue weighted by Gasteiger charge is -2.22. The zero-order chi connectivity index (χ0) is 29.0. The zero-order valence-corrected chi connectivity index (χ0v) is 25.7. The molecule has 0 radical (unpaired) electrons. The number of halogens is 2. The van der Waals surface area contributed by atoms with Crippen LogP contribution in [0.1, 0.15) is 36.5 Å². The van der Waals surface area contributed by atoms with Crippen LogP contribution in [0.3, 0.4) is 0 Å². The Morgan fingerprint density at radius 1 is 0.952 bits per heavy atom. The summed E-state index contributed by atoms with van der Waals surface area (Å²) in [5, 5.41) is 7.47. The quantitative estimate of drug-likeness (QED) is 0.182. The molecule has 4 rings (SSSR count). The average Bonchev–Trinajstić information content (AvgIpc) is 2.98. The SMILES string of the molecule is CCC[n+]1cc(Br)cc(C(=O)N(CCCC(=O)NCCOC(=O)Nc2cccc3ccccc23)c2ccccc2)c1.[Cl-]. The fourth-order valence-corrected chi connectivity index (χ4v) is 5.02. The maximum atomic E-state index is 13.5. The molecule has 0 saturated heterocycles. The standard InChI is InChI=1S/C32H33BrN4O4.ClH/c1-2-18-36-22-25(21-26(33)23-36)31(39)37(27-12-4-3-5-13-27)19-9-16-30(38)34-17-20-41-32(40)35-29-15-8-11-24-10-6-7-14-28(24)29;/h3-8,10-15,21-23H,2,9,16-20H2,1H3,(H-,34,35,38,40);1H. The second-order valence-corrected chi connectivity index (χ2v) is 10.4. The Morgan fingerprint density at radius 3 is 2.48 bits per heavy atom. The molecule has 220 valence electrons. The van der Waals surface area contributed by atoms with Crippen LogP contribution >= 0.6 is 15.9 Å². The van der Waals surface area contributed by atoms with Gasteiger partial charge in [0.1, 0.15) is 18.7 Å². The van der Waals surface area contributed by atoms with E-state index in [2.05, 4.69) is 33.5 Å². The maximum Gasteiger partial charge on any atom is 0.411 e. The summed E-state index contributed by atoms with van der Waals surface area (Å²) in [5.41, 5.74) is 2.00. The van der Waals surface area contributed by atoms with Gasteiger partial charge in [0.2, 0.25) is 5.91 Å². The van der Waals surface area contributed by atoms with E-state index in [1.54, 1.807) is 4.90 Å². The van der Waals surface area contributed by atoms with Crippen molar-refractivity contribution < 1.29 is 36.1 Å². The highest BCUT2D eigenvalue weighted by molar-refractivity contribution is 9.10. The van der Waals surface area contributed by atoms with Gasteiger partial charge in [0, 0.05) is 30.5 Å². The van der Waals surface area contributed by atoms with Crippen molar-refractivity contribution >= 4 is 56.0 Å². The molecule has 0 aliphatic rings. The summed E-state index contributed by atoms with van der Waals surface area (Å²) in [5.74, 6) is -0.305. The molecule has 1 aromatic heterocycles. The summed E-state index contributed by atoms with van der Waals surface area (Å²) >= 11 is 3.51. The van der Waals surface area contributed by atoms with Gasteiger partial charge in [-0.2, -0.15) is 0 Å². The van der Waals surface area contributed by atoms with Gasteiger partial charge in [0.15, 0.2) is 12.4 Å². The minimum atomic E-state index is -0.583. The molecule has 0 aliphatic carbocycles. The lowest BCUT2D eigenvalue weighted by atomic mass is 10.1. The molecule has 0 unspecified atom stereocenters. The topological polar surface area (TPSA) is 91.6 Å². The first-order valence-corrected chi connectivity index (χ1v) is 14.5. The Labute approximate surface area is 260 Å². The summed E-state index contributed by atoms with van der Waals surface area (Å²) in [4.78, 5) is 40.0. The van der Waals surface area contributed by atoms with E-state index in [-0.39, 0.29) is 43.8 Å². The van der Waals surface area contributed by atoms with E-state index < -0.39 is 6.09 Å². The van der Waals surface area contributed by atoms with Crippen LogP contribution in [-0.2, 0) is 16.1 Å². The molecule has 0 saturated carbocycles. The molecule has 0 aliphatic heterocycles. The number of hydrogen-bond acceptors (Lipinski definition) is 4. The predicted molar refractivity (Wildman–Crippen MR) is 164 cm³/mol. The Balaban J connectivity index is 0.00000484. The second-order valence-electron chi connectivity index (χ2n) is 9.51. The molecule has 3 aromatic carbocycles. The summed E-state index contributed by atoms with van der Waals surface area (Å²) in [6.07, 6.45) is 4.88. The van der Waals surface area contributed by atoms with Crippen molar-refractivity contribution in [2.24, 2.45) is 0 Å². The van der Waals surface area contributed by atoms with E-state index in [9.17, 15) is 14.4 Å². The molecule has 1 heterocycles. The van der Waals surface area contributed by atoms with Crippen molar-refractivity contribution in [3.8, 4) is 0 Å². The lowest BCUT2D eigenvalue weighted by Crippen LogP contribution is -3.00. The number of fused-ring (bicyclic) bond motifs is 1. The van der Waals surface area contributed by atoms with Crippen molar-refractivity contribution in [1.82, 2.24) is 5.32 Å². The van der Waals surface area contributed by atoms with E-state index in [1.807, 2.05) is 95.8 Å². The predicted octanol–water partition coefficient (Wildman–Crippen LogP) is 3.10. The molecule has 0 atom stereocenters. The highest BCUT2D eigenvalue weighted by Crippen LogP contribution is 2.23. The van der Waals surface area contributed by atoms with Crippen LogP contribution in [-0.4, -0.2) is 37.6 Å². The summed E-state index contributed by atoms with van der Waals surface area (Å²) < 4.78 is 8.07. The summed E-state index contributed by atoms with van der Waals surface area (Å²) in [7, 11) is 0. The minimum Gasteiger partial charge on any atom is -1.00 e. The highest BCUT2D eigenvalue weighted by atomic mass is 79.9. The molecular formula is C32H34BrClN4O4. The number of aromatic nitrogens is 1. The van der Waals surface area contributed by atoms with Gasteiger partial charge in [-0.05, 0) is 52.0 Å². The fourth-order valence-electron chi connectivity index (χ4n) is 4.51. The number of benzene rings is 3. The number of amides is 3. The molecule has 0 spiro atoms. The summed E-state index contributed by atoms with van der Waals surface area (Å²) in [6, 6.07) is 24.7. The van der Waals surface area contributed by atoms with Crippen molar-refractivity contribution in [1.29, 1.82) is 0 Å². The van der Waals surface area contributed by atoms with Gasteiger partial charge in [-0.1, -0.05) is 61.5 Å². The Morgan fingerprint density at radius 2 is 1.69 bits per heavy atom. The Kier molecular flexibility index (Phi) is 12.8. The van der Waals surface area contributed by atoms with E-state index in [0.717, 1.165) is 33.9 Å². The van der Waals surface area contributed by atoms with Crippen LogP contribution in [0.4, 0.5) is 16.2 Å². The van der Waals surface area contributed by atoms with Gasteiger partial charge in [-0.3, -0.25) is 14.9 Å². The van der Waals surface area contributed by atoms with Crippen molar-refractivity contribution in [3.63, 3.8) is 0 Å². The van der Waals surface area contributed by atoms with Crippen LogP contribution in [0.25, 0.3) is 10.8 Å². The number of nitrogens with zero attached hydrogens (tertiary/aromatic N) is 2. The number of ether oxygens (including phenoxy) is 1. The first-order valence-electron chi connectivity index (χ1n) is 13.7. The third-order valence-corrected chi connectivity index (χ3v) is 6.83. The van der Waals surface area contributed by atoms with Gasteiger partial charge >= 0.3 is 6.09 Å². The van der Waals surface area contributed by atoms with Gasteiger partial charge in [-0.15, -0.1) is 0 Å². The van der Waals surface area contributed by atoms with Crippen molar-refractivity contribution in [2.45, 2.75) is 32.7 Å². The smallest absolute Gasteiger partial charge is 0.411 e. The molecule has 3 amide bonds. The van der Waals surface area contributed by atoms with Crippen LogP contribution in [0.15, 0.2) is 95.7 Å². The van der Waals surface area contributed by atoms with Crippen LogP contribution in [0, 0.1) is 0 Å². The number of anilines is 2. The number of carbonyl (C=O) groups excluding carboxylic acids is 3. The Bertz CT molecular complexity index is 1500. The number of nitrogens with one attached hydrogen (secondary N) is 2. The van der Waals surface area contributed by atoms with Crippen LogP contribution in [0.2, 0.25) is 0 Å². The normalized spacial score (nSPS) is 10.4. The number of aryl methyl sites for hydroxylation is 1. The number of carbonyl (C=O) groups is 3. The molecule has 0 bridgehead atoms. The molecule has 8 nitrogen and oxygen atoms in total. The minimum absolute atomic E-state index is 0. The third-order valence-electron chi connectivity index (χ3n) is 6.40. The van der Waals surface area contributed by atoms with E-state index >= 15 is 0 Å². The third kappa shape index (κ3) is 9.29. The molecule has 10 heteroatoms. The molecular weight excluding hydrogens is 620 g/mol. The van der Waals surface area contributed by atoms with Gasteiger partial charge in [0.25, 0.3) is 5.91 Å². The monoisotopic (exact) mass is 652 g/mol. The van der Waals surface area contributed by atoms with E-state index in [1.165, 1.54) is 0 Å². The van der Waals surface area contributed by atoms with Gasteiger partial charge in [0.05, 0.1) is 16.7 Å². The molecule has 42 heavy (non-hydrogen) atoms. The van der Waals surface area contributed by atoms with Crippen LogP contribution < -0.4 is 32.5 Å². The van der Waals surface area contributed by atoms with Gasteiger partial charge in [-0.25, -0.2) is 9.36 Å². The Hall–Kier alpha value is -3.95. The number of para-hydroxylation sites is 1. The lowest BCUT2D eigenvalue weighted by molar-refractivity contribution is -0.697. The average molecular weight is 654 g/mol. The highest BCUT2D eigenvalue weighted by Gasteiger charge is 2.21. The van der Waals surface area contributed by atoms with Crippen molar-refractivity contribution in [3.05, 3.63) is 101 Å². The van der Waals surface area contributed by atoms with Crippen molar-refractivity contribution in [2.75, 3.05) is 29.9 Å². The van der Waals surface area contributed by atoms with Gasteiger partial charge < -0.3 is 27.4 Å².